The maximum Gasteiger partial charge on any atom is 0.410 e. The van der Waals surface area contributed by atoms with Crippen LogP contribution in [-0.2, 0) is 16.1 Å². The van der Waals surface area contributed by atoms with Gasteiger partial charge < -0.3 is 25.0 Å². The van der Waals surface area contributed by atoms with Crippen LogP contribution in [0.25, 0.3) is 10.9 Å². The van der Waals surface area contributed by atoms with Gasteiger partial charge in [-0.1, -0.05) is 36.1 Å². The number of nitrogens with one attached hydrogen (secondary N) is 2. The molecule has 1 saturated carbocycles. The summed E-state index contributed by atoms with van der Waals surface area (Å²) < 4.78 is 11.4. The first-order valence-corrected chi connectivity index (χ1v) is 15.3. The number of piperidine rings is 1. The molecule has 0 bridgehead atoms. The summed E-state index contributed by atoms with van der Waals surface area (Å²) in [7, 11) is 0. The van der Waals surface area contributed by atoms with E-state index in [1.165, 1.54) is 12.4 Å². The molecule has 2 aromatic heterocycles. The highest BCUT2D eigenvalue weighted by Gasteiger charge is 2.56. The third-order valence-corrected chi connectivity index (χ3v) is 8.03. The van der Waals surface area contributed by atoms with Crippen LogP contribution < -0.4 is 15.4 Å². The number of carbonyl (C=O) groups is 2. The van der Waals surface area contributed by atoms with E-state index in [1.54, 1.807) is 29.3 Å². The molecular formula is C35H33ClN6O4. The molecule has 3 atom stereocenters. The van der Waals surface area contributed by atoms with Crippen molar-refractivity contribution in [3.05, 3.63) is 90.0 Å². The molecule has 4 aromatic rings. The number of likely N-dealkylation sites (tertiary alicyclic amines) is 1. The van der Waals surface area contributed by atoms with Gasteiger partial charge in [0.15, 0.2) is 0 Å². The van der Waals surface area contributed by atoms with Crippen LogP contribution in [0.5, 0.6) is 5.75 Å². The molecule has 2 N–H and O–H groups in total. The lowest BCUT2D eigenvalue weighted by atomic mass is 10.1. The third-order valence-electron chi connectivity index (χ3n) is 7.73. The second-order valence-corrected chi connectivity index (χ2v) is 12.6. The lowest BCUT2D eigenvalue weighted by Gasteiger charge is -2.25. The number of ether oxygens (including phenoxy) is 2. The highest BCUT2D eigenvalue weighted by Crippen LogP contribution is 2.51. The van der Waals surface area contributed by atoms with Gasteiger partial charge in [0.05, 0.1) is 27.5 Å². The molecular weight excluding hydrogens is 604 g/mol. The molecule has 1 saturated heterocycles. The third kappa shape index (κ3) is 7.05. The Bertz CT molecular complexity index is 1870. The number of rotatable bonds is 7. The summed E-state index contributed by atoms with van der Waals surface area (Å²) in [5, 5.41) is 7.27. The van der Waals surface area contributed by atoms with Gasteiger partial charge in [-0.3, -0.25) is 9.78 Å². The van der Waals surface area contributed by atoms with E-state index < -0.39 is 5.60 Å². The van der Waals surface area contributed by atoms with E-state index in [0.29, 0.717) is 76.0 Å². The average Bonchev–Trinajstić information content (AvgIpc) is 3.46. The van der Waals surface area contributed by atoms with E-state index >= 15 is 0 Å². The predicted octanol–water partition coefficient (Wildman–Crippen LogP) is 6.59. The zero-order chi connectivity index (χ0) is 32.4. The SMILES string of the molecule is C=CC(=O)Nc1cc2c(Nc3ccc(OCc4ccccn4)c(Cl)c3)ncnc2cc1C#CC1[C@H]2CN(C(=O)OC(C)(C)C)C[C@@H]12. The summed E-state index contributed by atoms with van der Waals surface area (Å²) in [5.74, 6) is 8.11. The number of hydrogen-bond donors (Lipinski definition) is 2. The number of fused-ring (bicyclic) bond motifs is 2. The molecule has 11 heteroatoms. The van der Waals surface area contributed by atoms with E-state index in [0.717, 1.165) is 5.69 Å². The van der Waals surface area contributed by atoms with Gasteiger partial charge in [-0.05, 0) is 81.1 Å². The first-order chi connectivity index (χ1) is 22.1. The van der Waals surface area contributed by atoms with Gasteiger partial charge in [0, 0.05) is 36.3 Å². The minimum Gasteiger partial charge on any atom is -0.486 e. The normalized spacial score (nSPS) is 18.2. The molecule has 0 radical (unpaired) electrons. The summed E-state index contributed by atoms with van der Waals surface area (Å²) in [6.45, 7) is 10.7. The number of carbonyl (C=O) groups excluding carboxylic acids is 2. The molecule has 2 fully saturated rings. The first kappa shape index (κ1) is 30.9. The van der Waals surface area contributed by atoms with Crippen LogP contribution in [0.15, 0.2) is 73.7 Å². The molecule has 2 aromatic carbocycles. The first-order valence-electron chi connectivity index (χ1n) is 14.9. The average molecular weight is 637 g/mol. The zero-order valence-electron chi connectivity index (χ0n) is 25.7. The fraction of sp³-hybridized carbons (Fsp3) is 0.286. The Balaban J connectivity index is 1.20. The van der Waals surface area contributed by atoms with Crippen molar-refractivity contribution in [1.29, 1.82) is 0 Å². The van der Waals surface area contributed by atoms with Crippen molar-refractivity contribution in [3.63, 3.8) is 0 Å². The highest BCUT2D eigenvalue weighted by molar-refractivity contribution is 6.32. The van der Waals surface area contributed by atoms with Gasteiger partial charge in [-0.25, -0.2) is 14.8 Å². The number of nitrogens with zero attached hydrogens (tertiary/aromatic N) is 4. The predicted molar refractivity (Wildman–Crippen MR) is 177 cm³/mol. The monoisotopic (exact) mass is 636 g/mol. The van der Waals surface area contributed by atoms with Gasteiger partial charge in [-0.15, -0.1) is 0 Å². The quantitative estimate of drug-likeness (QED) is 0.172. The molecule has 1 unspecified atom stereocenters. The summed E-state index contributed by atoms with van der Waals surface area (Å²) in [4.78, 5) is 39.8. The summed E-state index contributed by atoms with van der Waals surface area (Å²) in [5.41, 5.74) is 2.74. The van der Waals surface area contributed by atoms with E-state index in [9.17, 15) is 9.59 Å². The van der Waals surface area contributed by atoms with Crippen LogP contribution in [0.1, 0.15) is 32.0 Å². The molecule has 2 aliphatic rings. The van der Waals surface area contributed by atoms with Gasteiger partial charge in [0.2, 0.25) is 5.91 Å². The van der Waals surface area contributed by atoms with Crippen LogP contribution in [0.4, 0.5) is 22.0 Å². The van der Waals surface area contributed by atoms with Crippen molar-refractivity contribution in [2.45, 2.75) is 33.0 Å². The zero-order valence-corrected chi connectivity index (χ0v) is 26.5. The van der Waals surface area contributed by atoms with Crippen LogP contribution in [0, 0.1) is 29.6 Å². The minimum absolute atomic E-state index is 0.167. The number of halogens is 1. The van der Waals surface area contributed by atoms with Crippen molar-refractivity contribution in [2.24, 2.45) is 17.8 Å². The largest absolute Gasteiger partial charge is 0.486 e. The Morgan fingerprint density at radius 3 is 2.61 bits per heavy atom. The molecule has 234 valence electrons. The van der Waals surface area contributed by atoms with Crippen molar-refractivity contribution < 1.29 is 19.1 Å². The molecule has 6 rings (SSSR count). The smallest absolute Gasteiger partial charge is 0.410 e. The Morgan fingerprint density at radius 1 is 1.11 bits per heavy atom. The molecule has 1 aliphatic carbocycles. The Kier molecular flexibility index (Phi) is 8.52. The highest BCUT2D eigenvalue weighted by atomic mass is 35.5. The molecule has 3 heterocycles. The maximum atomic E-state index is 12.5. The van der Waals surface area contributed by atoms with Crippen LogP contribution in [-0.4, -0.2) is 50.5 Å². The fourth-order valence-corrected chi connectivity index (χ4v) is 5.67. The van der Waals surface area contributed by atoms with Crippen molar-refractivity contribution in [3.8, 4) is 17.6 Å². The van der Waals surface area contributed by atoms with E-state index in [2.05, 4.69) is 44.0 Å². The van der Waals surface area contributed by atoms with Gasteiger partial charge in [-0.2, -0.15) is 0 Å². The van der Waals surface area contributed by atoms with Crippen LogP contribution >= 0.6 is 11.6 Å². The van der Waals surface area contributed by atoms with Crippen molar-refractivity contribution in [1.82, 2.24) is 19.9 Å². The fourth-order valence-electron chi connectivity index (χ4n) is 5.44. The lowest BCUT2D eigenvalue weighted by molar-refractivity contribution is -0.111. The van der Waals surface area contributed by atoms with Gasteiger partial charge in [0.25, 0.3) is 0 Å². The van der Waals surface area contributed by atoms with Crippen LogP contribution in [0.3, 0.4) is 0 Å². The van der Waals surface area contributed by atoms with E-state index in [-0.39, 0.29) is 17.9 Å². The summed E-state index contributed by atoms with van der Waals surface area (Å²) in [6, 6.07) is 14.6. The second kappa shape index (κ2) is 12.7. The molecule has 2 amide bonds. The van der Waals surface area contributed by atoms with Gasteiger partial charge in [0.1, 0.15) is 30.1 Å². The second-order valence-electron chi connectivity index (χ2n) is 12.2. The number of pyridine rings is 1. The number of hydrogen-bond acceptors (Lipinski definition) is 8. The van der Waals surface area contributed by atoms with Gasteiger partial charge >= 0.3 is 6.09 Å². The van der Waals surface area contributed by atoms with E-state index in [1.807, 2.05) is 51.1 Å². The lowest BCUT2D eigenvalue weighted by Crippen LogP contribution is -2.37. The van der Waals surface area contributed by atoms with E-state index in [4.69, 9.17) is 21.1 Å². The van der Waals surface area contributed by atoms with Crippen LogP contribution in [0.2, 0.25) is 5.02 Å². The topological polar surface area (TPSA) is 119 Å². The van der Waals surface area contributed by atoms with Crippen molar-refractivity contribution in [2.75, 3.05) is 23.7 Å². The number of benzene rings is 2. The summed E-state index contributed by atoms with van der Waals surface area (Å²) in [6.07, 6.45) is 4.10. The molecule has 10 nitrogen and oxygen atoms in total. The standard InChI is InChI=1S/C35H33ClN6O4/c1-5-32(43)41-29-16-25-30(14-21(29)9-11-24-26-17-42(18-27(24)26)34(44)46-35(2,3)4)38-20-39-33(25)40-22-10-12-31(28(36)15-22)45-19-23-8-6-7-13-37-23/h5-8,10,12-16,20,24,26-27H,1,17-19H2,2-4H3,(H,41,43)(H,38,39,40)/t24?,26-,27+. The molecule has 46 heavy (non-hydrogen) atoms. The van der Waals surface area contributed by atoms with Crippen molar-refractivity contribution >= 4 is 51.7 Å². The number of aromatic nitrogens is 3. The Labute approximate surface area is 272 Å². The Hall–Kier alpha value is -5.14. The number of amides is 2. The summed E-state index contributed by atoms with van der Waals surface area (Å²) >= 11 is 6.53. The molecule has 1 aliphatic heterocycles. The maximum absolute atomic E-state index is 12.5. The minimum atomic E-state index is -0.530. The number of anilines is 3. The Morgan fingerprint density at radius 2 is 1.91 bits per heavy atom. The molecule has 0 spiro atoms.